The van der Waals surface area contributed by atoms with Crippen LogP contribution < -0.4 is 11.0 Å². The summed E-state index contributed by atoms with van der Waals surface area (Å²) in [5.41, 5.74) is 1.14. The number of carbonyl (C=O) groups excluding carboxylic acids is 1. The number of benzene rings is 2. The molecule has 12 heteroatoms. The summed E-state index contributed by atoms with van der Waals surface area (Å²) in [4.78, 5) is 30.5. The molecule has 0 radical (unpaired) electrons. The van der Waals surface area contributed by atoms with E-state index >= 15 is 0 Å². The number of anilines is 1. The summed E-state index contributed by atoms with van der Waals surface area (Å²) in [6.07, 6.45) is 2.08. The second-order valence-electron chi connectivity index (χ2n) is 11.8. The number of amides is 1. The van der Waals surface area contributed by atoms with Crippen molar-refractivity contribution in [3.05, 3.63) is 94.0 Å². The van der Waals surface area contributed by atoms with Crippen LogP contribution in [0.1, 0.15) is 60.8 Å². The number of rotatable bonds is 11. The van der Waals surface area contributed by atoms with Crippen LogP contribution in [0, 0.1) is 6.92 Å². The Balaban J connectivity index is 1.27. The molecule has 240 valence electrons. The Bertz CT molecular complexity index is 1530. The number of hydrogen-bond acceptors (Lipinski definition) is 9. The van der Waals surface area contributed by atoms with E-state index in [2.05, 4.69) is 34.0 Å². The molecule has 3 aliphatic heterocycles. The lowest BCUT2D eigenvalue weighted by atomic mass is 9.87. The zero-order valence-electron chi connectivity index (χ0n) is 26.1. The van der Waals surface area contributed by atoms with Crippen LogP contribution in [0.15, 0.2) is 71.7 Å². The van der Waals surface area contributed by atoms with Crippen LogP contribution in [0.5, 0.6) is 0 Å². The molecule has 3 fully saturated rings. The van der Waals surface area contributed by atoms with E-state index < -0.39 is 38.3 Å². The van der Waals surface area contributed by atoms with Crippen LogP contribution >= 0.6 is 8.53 Å². The Hall–Kier alpha value is -3.02. The Morgan fingerprint density at radius 1 is 1.11 bits per heavy atom. The Morgan fingerprint density at radius 2 is 1.84 bits per heavy atom. The maximum Gasteiger partial charge on any atom is 0.351 e. The van der Waals surface area contributed by atoms with Gasteiger partial charge in [0.1, 0.15) is 23.6 Å². The van der Waals surface area contributed by atoms with Crippen molar-refractivity contribution in [2.24, 2.45) is 0 Å². The number of carbonyl (C=O) groups is 1. The lowest BCUT2D eigenvalue weighted by Crippen LogP contribution is -2.40. The zero-order valence-corrected chi connectivity index (χ0v) is 27.0. The first-order valence-corrected chi connectivity index (χ1v) is 16.7. The summed E-state index contributed by atoms with van der Waals surface area (Å²) in [5.74, 6) is -0.148. The zero-order chi connectivity index (χ0) is 31.6. The van der Waals surface area contributed by atoms with Crippen molar-refractivity contribution in [2.45, 2.75) is 76.2 Å². The molecule has 0 aliphatic carbocycles. The fourth-order valence-corrected chi connectivity index (χ4v) is 8.61. The van der Waals surface area contributed by atoms with Crippen LogP contribution in [0.3, 0.4) is 0 Å². The molecule has 0 saturated carbocycles. The fraction of sp³-hybridized carbons (Fsp3) is 0.485. The average Bonchev–Trinajstić information content (AvgIpc) is 3.75. The van der Waals surface area contributed by atoms with Gasteiger partial charge in [0.05, 0.1) is 25.4 Å². The molecule has 3 aromatic rings. The maximum atomic E-state index is 13.5. The second-order valence-corrected chi connectivity index (χ2v) is 13.2. The van der Waals surface area contributed by atoms with E-state index in [1.807, 2.05) is 31.2 Å². The van der Waals surface area contributed by atoms with Crippen molar-refractivity contribution in [3.63, 3.8) is 0 Å². The lowest BCUT2D eigenvalue weighted by Gasteiger charge is -2.29. The first-order valence-electron chi connectivity index (χ1n) is 15.5. The van der Waals surface area contributed by atoms with E-state index in [-0.39, 0.29) is 30.5 Å². The van der Waals surface area contributed by atoms with Crippen LogP contribution in [0.4, 0.5) is 5.82 Å². The van der Waals surface area contributed by atoms with Gasteiger partial charge < -0.3 is 28.6 Å². The number of hydrogen-bond donors (Lipinski definition) is 1. The number of ether oxygens (including phenoxy) is 3. The van der Waals surface area contributed by atoms with Gasteiger partial charge in [0.2, 0.25) is 0 Å². The SMILES string of the molecule is CC[C@H]1O[C@@H](n2cc(C)c(NC(=O)c3ccccc3)nc2=O)[C@@H](OCCOC)C1O[P@]1O[C@@](C)(c2ccccc2)[C@H]2CCCN21. The van der Waals surface area contributed by atoms with Crippen molar-refractivity contribution in [3.8, 4) is 0 Å². The predicted octanol–water partition coefficient (Wildman–Crippen LogP) is 5.17. The fourth-order valence-electron chi connectivity index (χ4n) is 6.46. The van der Waals surface area contributed by atoms with Crippen molar-refractivity contribution >= 4 is 20.3 Å². The molecule has 7 atom stereocenters. The van der Waals surface area contributed by atoms with Crippen molar-refractivity contribution in [2.75, 3.05) is 32.2 Å². The van der Waals surface area contributed by atoms with E-state index in [1.54, 1.807) is 44.5 Å². The number of aryl methyl sites for hydroxylation is 1. The minimum atomic E-state index is -1.43. The summed E-state index contributed by atoms with van der Waals surface area (Å²) in [7, 11) is 0.180. The average molecular weight is 637 g/mol. The van der Waals surface area contributed by atoms with Crippen LogP contribution in [0.25, 0.3) is 0 Å². The Morgan fingerprint density at radius 3 is 2.56 bits per heavy atom. The predicted molar refractivity (Wildman–Crippen MR) is 170 cm³/mol. The second kappa shape index (κ2) is 13.8. The van der Waals surface area contributed by atoms with Gasteiger partial charge >= 0.3 is 5.69 Å². The van der Waals surface area contributed by atoms with Gasteiger partial charge in [-0.1, -0.05) is 55.5 Å². The van der Waals surface area contributed by atoms with Crippen LogP contribution in [-0.2, 0) is 28.9 Å². The largest absolute Gasteiger partial charge is 0.382 e. The molecule has 1 aromatic heterocycles. The third kappa shape index (κ3) is 6.36. The molecule has 1 N–H and O–H groups in total. The van der Waals surface area contributed by atoms with Gasteiger partial charge in [-0.15, -0.1) is 0 Å². The quantitative estimate of drug-likeness (QED) is 0.225. The monoisotopic (exact) mass is 636 g/mol. The molecular weight excluding hydrogens is 595 g/mol. The number of fused-ring (bicyclic) bond motifs is 1. The van der Waals surface area contributed by atoms with E-state index in [0.717, 1.165) is 24.9 Å². The van der Waals surface area contributed by atoms with E-state index in [9.17, 15) is 9.59 Å². The maximum absolute atomic E-state index is 13.5. The van der Waals surface area contributed by atoms with Crippen molar-refractivity contribution in [1.29, 1.82) is 0 Å². The normalized spacial score (nSPS) is 29.6. The highest BCUT2D eigenvalue weighted by molar-refractivity contribution is 7.45. The minimum absolute atomic E-state index is 0.197. The molecule has 6 rings (SSSR count). The summed E-state index contributed by atoms with van der Waals surface area (Å²) < 4.78 is 35.6. The first kappa shape index (κ1) is 31.9. The highest BCUT2D eigenvalue weighted by Gasteiger charge is 2.57. The molecule has 1 unspecified atom stereocenters. The number of methoxy groups -OCH3 is 1. The third-order valence-corrected chi connectivity index (χ3v) is 10.7. The number of nitrogens with zero attached hydrogens (tertiary/aromatic N) is 3. The van der Waals surface area contributed by atoms with Crippen LogP contribution in [-0.4, -0.2) is 71.4 Å². The molecule has 1 amide bonds. The molecule has 3 aliphatic rings. The third-order valence-electron chi connectivity index (χ3n) is 8.86. The molecule has 0 bridgehead atoms. The molecular formula is C33H41N4O7P. The van der Waals surface area contributed by atoms with Gasteiger partial charge in [0, 0.05) is 31.0 Å². The Labute approximate surface area is 264 Å². The minimum Gasteiger partial charge on any atom is -0.382 e. The highest BCUT2D eigenvalue weighted by atomic mass is 31.2. The van der Waals surface area contributed by atoms with Gasteiger partial charge in [-0.3, -0.25) is 9.36 Å². The highest BCUT2D eigenvalue weighted by Crippen LogP contribution is 2.64. The van der Waals surface area contributed by atoms with Crippen LogP contribution in [0.2, 0.25) is 0 Å². The molecule has 11 nitrogen and oxygen atoms in total. The Kier molecular flexibility index (Phi) is 9.77. The summed E-state index contributed by atoms with van der Waals surface area (Å²) >= 11 is 0. The molecule has 3 saturated heterocycles. The van der Waals surface area contributed by atoms with E-state index in [4.69, 9.17) is 23.3 Å². The number of aromatic nitrogens is 2. The lowest BCUT2D eigenvalue weighted by molar-refractivity contribution is -0.0783. The van der Waals surface area contributed by atoms with Crippen molar-refractivity contribution in [1.82, 2.24) is 14.2 Å². The van der Waals surface area contributed by atoms with Gasteiger partial charge in [0.25, 0.3) is 14.4 Å². The summed E-state index contributed by atoms with van der Waals surface area (Å²) in [5, 5.41) is 2.76. The van der Waals surface area contributed by atoms with Gasteiger partial charge in [-0.2, -0.15) is 4.98 Å². The van der Waals surface area contributed by atoms with Gasteiger partial charge in [-0.05, 0) is 50.8 Å². The molecule has 4 heterocycles. The van der Waals surface area contributed by atoms with Gasteiger partial charge in [-0.25, -0.2) is 9.46 Å². The standard InChI is InChI=1S/C33H41N4O7P/c1-5-25-27(43-45-37-18-12-17-26(37)33(3,44-45)24-15-10-7-11-16-24)28(41-20-19-40-4)31(42-25)36-21-22(2)29(35-32(36)39)34-30(38)23-13-8-6-9-14-23/h6-11,13-16,21,25-28,31H,5,12,17-20H2,1-4H3,(H,34,35,38,39)/t25-,26-,27?,28+,31-,33+,45-/m1/s1. The topological polar surface area (TPSA) is 113 Å². The molecule has 0 spiro atoms. The summed E-state index contributed by atoms with van der Waals surface area (Å²) in [6, 6.07) is 19.3. The number of nitrogens with one attached hydrogen (secondary N) is 1. The van der Waals surface area contributed by atoms with E-state index in [1.165, 1.54) is 4.57 Å². The molecule has 2 aromatic carbocycles. The first-order chi connectivity index (χ1) is 21.8. The molecule has 45 heavy (non-hydrogen) atoms. The van der Waals surface area contributed by atoms with Gasteiger partial charge in [0.15, 0.2) is 6.23 Å². The smallest absolute Gasteiger partial charge is 0.351 e. The summed E-state index contributed by atoms with van der Waals surface area (Å²) in [6.45, 7) is 7.52. The van der Waals surface area contributed by atoms with Crippen molar-refractivity contribution < 1.29 is 28.1 Å². The van der Waals surface area contributed by atoms with E-state index in [0.29, 0.717) is 24.2 Å².